The van der Waals surface area contributed by atoms with Crippen molar-refractivity contribution in [3.8, 4) is 0 Å². The average Bonchev–Trinajstić information content (AvgIpc) is 2.75. The predicted octanol–water partition coefficient (Wildman–Crippen LogP) is 5.23. The van der Waals surface area contributed by atoms with Gasteiger partial charge in [-0.3, -0.25) is 10.1 Å². The van der Waals surface area contributed by atoms with Gasteiger partial charge in [0.05, 0.1) is 13.2 Å². The lowest BCUT2D eigenvalue weighted by Gasteiger charge is -2.11. The molecule has 1 heterocycles. The van der Waals surface area contributed by atoms with E-state index in [-0.39, 0.29) is 12.1 Å². The lowest BCUT2D eigenvalue weighted by molar-refractivity contribution is 0.158. The summed E-state index contributed by atoms with van der Waals surface area (Å²) in [5.41, 5.74) is 1.76. The molecule has 0 atom stereocenters. The van der Waals surface area contributed by atoms with Gasteiger partial charge >= 0.3 is 6.09 Å². The highest BCUT2D eigenvalue weighted by molar-refractivity contribution is 6.35. The van der Waals surface area contributed by atoms with Crippen LogP contribution in [0.5, 0.6) is 0 Å². The second-order valence-electron chi connectivity index (χ2n) is 7.97. The summed E-state index contributed by atoms with van der Waals surface area (Å²) in [5, 5.41) is 11.2. The van der Waals surface area contributed by atoms with Crippen molar-refractivity contribution in [3.05, 3.63) is 80.6 Å². The van der Waals surface area contributed by atoms with Gasteiger partial charge in [-0.25, -0.2) is 9.48 Å². The molecule has 2 N–H and O–H groups in total. The van der Waals surface area contributed by atoms with Crippen LogP contribution in [0.1, 0.15) is 18.4 Å². The minimum Gasteiger partial charge on any atom is -0.449 e. The molecule has 0 aliphatic rings. The zero-order valence-electron chi connectivity index (χ0n) is 19.1. The van der Waals surface area contributed by atoms with E-state index in [9.17, 15) is 9.59 Å². The van der Waals surface area contributed by atoms with Gasteiger partial charge in [-0.1, -0.05) is 35.3 Å². The van der Waals surface area contributed by atoms with Gasteiger partial charge in [-0.05, 0) is 75.4 Å². The predicted molar refractivity (Wildman–Crippen MR) is 137 cm³/mol. The highest BCUT2D eigenvalue weighted by Crippen LogP contribution is 2.24. The monoisotopic (exact) mass is 503 g/mol. The molecule has 0 saturated carbocycles. The Hall–Kier alpha value is -3.07. The van der Waals surface area contributed by atoms with Crippen LogP contribution in [0.15, 0.2) is 59.4 Å². The minimum atomic E-state index is -0.510. The first-order valence-corrected chi connectivity index (χ1v) is 11.5. The van der Waals surface area contributed by atoms with Gasteiger partial charge in [0.2, 0.25) is 0 Å². The lowest BCUT2D eigenvalue weighted by atomic mass is 10.2. The Kier molecular flexibility index (Phi) is 9.33. The minimum absolute atomic E-state index is 0.222. The fourth-order valence-electron chi connectivity index (χ4n) is 3.17. The maximum atomic E-state index is 12.4. The Bertz CT molecular complexity index is 1160. The maximum absolute atomic E-state index is 12.4. The summed E-state index contributed by atoms with van der Waals surface area (Å²) in [6.07, 6.45) is 1.24. The molecule has 1 amide bonds. The molecule has 1 aromatic heterocycles. The van der Waals surface area contributed by atoms with Crippen LogP contribution in [0.2, 0.25) is 10.0 Å². The normalized spacial score (nSPS) is 10.9. The summed E-state index contributed by atoms with van der Waals surface area (Å²) >= 11 is 12.1. The molecule has 0 aliphatic carbocycles. The number of nitrogens with zero attached hydrogens (tertiary/aromatic N) is 3. The Morgan fingerprint density at radius 2 is 1.79 bits per heavy atom. The number of rotatable bonds is 10. The molecule has 3 aromatic rings. The Morgan fingerprint density at radius 1 is 1.03 bits per heavy atom. The van der Waals surface area contributed by atoms with Crippen molar-refractivity contribution < 1.29 is 9.53 Å². The quantitative estimate of drug-likeness (QED) is 0.368. The van der Waals surface area contributed by atoms with E-state index in [0.29, 0.717) is 33.8 Å². The van der Waals surface area contributed by atoms with Crippen molar-refractivity contribution in [1.29, 1.82) is 0 Å². The van der Waals surface area contributed by atoms with E-state index < -0.39 is 6.09 Å². The number of anilines is 3. The molecule has 0 spiro atoms. The van der Waals surface area contributed by atoms with Crippen molar-refractivity contribution in [1.82, 2.24) is 14.7 Å². The van der Waals surface area contributed by atoms with Gasteiger partial charge in [0.15, 0.2) is 5.82 Å². The Balaban J connectivity index is 1.61. The SMILES string of the molecule is CN(C)CCCCOC(=O)Nc1cccc(Cn2nc(Nc3cc(Cl)cc(Cl)c3)ccc2=O)c1. The van der Waals surface area contributed by atoms with Crippen LogP contribution >= 0.6 is 23.2 Å². The maximum Gasteiger partial charge on any atom is 0.411 e. The zero-order chi connectivity index (χ0) is 24.5. The van der Waals surface area contributed by atoms with Crippen LogP contribution in [0.3, 0.4) is 0 Å². The van der Waals surface area contributed by atoms with Crippen molar-refractivity contribution in [2.45, 2.75) is 19.4 Å². The van der Waals surface area contributed by atoms with Gasteiger partial charge in [0.25, 0.3) is 5.56 Å². The number of carbonyl (C=O) groups excluding carboxylic acids is 1. The summed E-state index contributed by atoms with van der Waals surface area (Å²) < 4.78 is 6.56. The Labute approximate surface area is 208 Å². The van der Waals surface area contributed by atoms with E-state index in [1.165, 1.54) is 10.7 Å². The summed E-state index contributed by atoms with van der Waals surface area (Å²) in [4.78, 5) is 26.5. The molecule has 2 aromatic carbocycles. The van der Waals surface area contributed by atoms with Crippen LogP contribution in [0, 0.1) is 0 Å². The summed E-state index contributed by atoms with van der Waals surface area (Å²) in [6.45, 7) is 1.53. The van der Waals surface area contributed by atoms with Crippen molar-refractivity contribution in [2.75, 3.05) is 37.9 Å². The van der Waals surface area contributed by atoms with Gasteiger partial charge < -0.3 is 15.0 Å². The molecular weight excluding hydrogens is 477 g/mol. The van der Waals surface area contributed by atoms with E-state index in [1.54, 1.807) is 42.5 Å². The molecule has 0 unspecified atom stereocenters. The van der Waals surface area contributed by atoms with Gasteiger partial charge in [-0.15, -0.1) is 0 Å². The summed E-state index contributed by atoms with van der Waals surface area (Å²) in [5.74, 6) is 0.463. The fourth-order valence-corrected chi connectivity index (χ4v) is 3.70. The first-order chi connectivity index (χ1) is 16.3. The highest BCUT2D eigenvalue weighted by atomic mass is 35.5. The van der Waals surface area contributed by atoms with E-state index >= 15 is 0 Å². The van der Waals surface area contributed by atoms with Crippen LogP contribution in [-0.4, -0.2) is 48.0 Å². The molecule has 34 heavy (non-hydrogen) atoms. The topological polar surface area (TPSA) is 88.5 Å². The second kappa shape index (κ2) is 12.4. The van der Waals surface area contributed by atoms with Crippen molar-refractivity contribution in [3.63, 3.8) is 0 Å². The van der Waals surface area contributed by atoms with Gasteiger partial charge in [-0.2, -0.15) is 5.10 Å². The molecule has 180 valence electrons. The number of carbonyl (C=O) groups is 1. The average molecular weight is 504 g/mol. The number of halogens is 2. The zero-order valence-corrected chi connectivity index (χ0v) is 20.6. The molecular formula is C24H27Cl2N5O3. The number of ether oxygens (including phenoxy) is 1. The van der Waals surface area contributed by atoms with Crippen molar-refractivity contribution >= 4 is 46.5 Å². The standard InChI is InChI=1S/C24H27Cl2N5O3/c1-30(2)10-3-4-11-34-24(33)28-20-7-5-6-17(12-20)16-31-23(32)9-8-22(29-31)27-21-14-18(25)13-19(26)15-21/h5-9,12-15H,3-4,10-11,16H2,1-2H3,(H,27,29)(H,28,33). The number of benzene rings is 2. The third-order valence-electron chi connectivity index (χ3n) is 4.74. The van der Waals surface area contributed by atoms with Gasteiger partial charge in [0, 0.05) is 27.5 Å². The molecule has 0 bridgehead atoms. The molecule has 0 aliphatic heterocycles. The number of nitrogens with one attached hydrogen (secondary N) is 2. The first-order valence-electron chi connectivity index (χ1n) is 10.8. The largest absolute Gasteiger partial charge is 0.449 e. The van der Waals surface area contributed by atoms with E-state index in [0.717, 1.165) is 24.9 Å². The van der Waals surface area contributed by atoms with E-state index in [1.807, 2.05) is 20.2 Å². The first kappa shape index (κ1) is 25.6. The third-order valence-corrected chi connectivity index (χ3v) is 5.18. The van der Waals surface area contributed by atoms with E-state index in [4.69, 9.17) is 27.9 Å². The molecule has 3 rings (SSSR count). The van der Waals surface area contributed by atoms with Crippen LogP contribution < -0.4 is 16.2 Å². The number of unbranched alkanes of at least 4 members (excludes halogenated alkanes) is 1. The number of hydrogen-bond acceptors (Lipinski definition) is 6. The number of aromatic nitrogens is 2. The summed E-state index contributed by atoms with van der Waals surface area (Å²) in [6, 6.07) is 15.2. The lowest BCUT2D eigenvalue weighted by Crippen LogP contribution is -2.23. The molecule has 0 saturated heterocycles. The third kappa shape index (κ3) is 8.37. The van der Waals surface area contributed by atoms with Gasteiger partial charge in [0.1, 0.15) is 0 Å². The molecule has 0 fully saturated rings. The molecule has 8 nitrogen and oxygen atoms in total. The highest BCUT2D eigenvalue weighted by Gasteiger charge is 2.07. The summed E-state index contributed by atoms with van der Waals surface area (Å²) in [7, 11) is 4.01. The van der Waals surface area contributed by atoms with Crippen LogP contribution in [0.4, 0.5) is 22.0 Å². The van der Waals surface area contributed by atoms with E-state index in [2.05, 4.69) is 20.6 Å². The van der Waals surface area contributed by atoms with Crippen LogP contribution in [0.25, 0.3) is 0 Å². The smallest absolute Gasteiger partial charge is 0.411 e. The second-order valence-corrected chi connectivity index (χ2v) is 8.84. The molecule has 10 heteroatoms. The fraction of sp³-hybridized carbons (Fsp3) is 0.292. The number of amides is 1. The Morgan fingerprint density at radius 3 is 2.53 bits per heavy atom. The van der Waals surface area contributed by atoms with Crippen LogP contribution in [-0.2, 0) is 11.3 Å². The van der Waals surface area contributed by atoms with Crippen molar-refractivity contribution in [2.24, 2.45) is 0 Å². The molecule has 0 radical (unpaired) electrons. The number of hydrogen-bond donors (Lipinski definition) is 2.